The van der Waals surface area contributed by atoms with Crippen LogP contribution in [0.1, 0.15) is 26.3 Å². The summed E-state index contributed by atoms with van der Waals surface area (Å²) in [6.45, 7) is 5.97. The Morgan fingerprint density at radius 1 is 1.54 bits per heavy atom. The molecule has 0 aliphatic carbocycles. The molecule has 2 rings (SSSR count). The maximum atomic E-state index is 12.2. The van der Waals surface area contributed by atoms with Gasteiger partial charge in [0, 0.05) is 25.7 Å². The van der Waals surface area contributed by atoms with E-state index in [1.165, 1.54) is 11.0 Å². The third-order valence-corrected chi connectivity index (χ3v) is 3.83. The minimum absolute atomic E-state index is 0.105. The highest BCUT2D eigenvalue weighted by Crippen LogP contribution is 2.25. The number of piperazine rings is 1. The van der Waals surface area contributed by atoms with E-state index in [4.69, 9.17) is 10.00 Å². The van der Waals surface area contributed by atoms with E-state index in [0.29, 0.717) is 18.9 Å². The van der Waals surface area contributed by atoms with Crippen LogP contribution in [0.2, 0.25) is 0 Å². The number of nitro groups is 1. The Kier molecular flexibility index (Phi) is 5.62. The van der Waals surface area contributed by atoms with Crippen LogP contribution < -0.4 is 4.90 Å². The van der Waals surface area contributed by atoms with Gasteiger partial charge in [0.05, 0.1) is 17.6 Å². The molecule has 10 heteroatoms. The molecule has 1 atom stereocenters. The van der Waals surface area contributed by atoms with Crippen LogP contribution in [0.25, 0.3) is 0 Å². The van der Waals surface area contributed by atoms with Gasteiger partial charge in [0.15, 0.2) is 0 Å². The van der Waals surface area contributed by atoms with Crippen LogP contribution in [0, 0.1) is 21.4 Å². The Morgan fingerprint density at radius 2 is 2.23 bits per heavy atom. The van der Waals surface area contributed by atoms with Gasteiger partial charge >= 0.3 is 11.8 Å². The van der Waals surface area contributed by atoms with Crippen molar-refractivity contribution in [2.24, 2.45) is 0 Å². The predicted octanol–water partition coefficient (Wildman–Crippen LogP) is 1.28. The van der Waals surface area contributed by atoms with Gasteiger partial charge in [0.2, 0.25) is 0 Å². The standard InChI is InChI=1S/C16H21N5O5/c1-16(2,3)26-15(23)19-4-5-20(12(9-19)10-22)14-6-11(7-17)13(8-18-14)21(24)25/h6,8,12,22H,4-5,9-10H2,1-3H3/t12-/m0/s1. The summed E-state index contributed by atoms with van der Waals surface area (Å²) >= 11 is 0. The Labute approximate surface area is 150 Å². The number of anilines is 1. The van der Waals surface area contributed by atoms with Crippen molar-refractivity contribution >= 4 is 17.6 Å². The SMILES string of the molecule is CC(C)(C)OC(=O)N1CCN(c2cc(C#N)c([N+](=O)[O-])cn2)[C@H](CO)C1. The van der Waals surface area contributed by atoms with Crippen LogP contribution in [-0.2, 0) is 4.74 Å². The van der Waals surface area contributed by atoms with Crippen molar-refractivity contribution in [3.63, 3.8) is 0 Å². The molecule has 0 aromatic carbocycles. The molecule has 1 amide bonds. The second kappa shape index (κ2) is 7.53. The van der Waals surface area contributed by atoms with Crippen molar-refractivity contribution in [1.82, 2.24) is 9.88 Å². The fourth-order valence-corrected chi connectivity index (χ4v) is 2.63. The normalized spacial score (nSPS) is 17.6. The monoisotopic (exact) mass is 363 g/mol. The summed E-state index contributed by atoms with van der Waals surface area (Å²) in [6.07, 6.45) is 0.563. The summed E-state index contributed by atoms with van der Waals surface area (Å²) < 4.78 is 5.34. The highest BCUT2D eigenvalue weighted by Gasteiger charge is 2.33. The summed E-state index contributed by atoms with van der Waals surface area (Å²) in [5.41, 5.74) is -1.10. The number of pyridine rings is 1. The Bertz CT molecular complexity index is 740. The van der Waals surface area contributed by atoms with E-state index >= 15 is 0 Å². The molecular formula is C16H21N5O5. The number of aromatic nitrogens is 1. The Balaban J connectivity index is 2.19. The molecule has 1 saturated heterocycles. The largest absolute Gasteiger partial charge is 0.444 e. The molecule has 1 aliphatic rings. The molecule has 10 nitrogen and oxygen atoms in total. The van der Waals surface area contributed by atoms with Crippen molar-refractivity contribution in [2.75, 3.05) is 31.1 Å². The summed E-state index contributed by atoms with van der Waals surface area (Å²) in [7, 11) is 0. The summed E-state index contributed by atoms with van der Waals surface area (Å²) in [5.74, 6) is 0.343. The van der Waals surface area contributed by atoms with Crippen molar-refractivity contribution < 1.29 is 19.6 Å². The molecule has 0 saturated carbocycles. The van der Waals surface area contributed by atoms with Crippen LogP contribution in [0.3, 0.4) is 0 Å². The number of aliphatic hydroxyl groups excluding tert-OH is 1. The number of amides is 1. The van der Waals surface area contributed by atoms with Crippen LogP contribution in [0.5, 0.6) is 0 Å². The van der Waals surface area contributed by atoms with E-state index in [2.05, 4.69) is 4.98 Å². The molecule has 1 aromatic heterocycles. The van der Waals surface area contributed by atoms with E-state index < -0.39 is 22.7 Å². The van der Waals surface area contributed by atoms with E-state index in [1.807, 2.05) is 0 Å². The number of hydrogen-bond donors (Lipinski definition) is 1. The lowest BCUT2D eigenvalue weighted by Crippen LogP contribution is -2.57. The van der Waals surface area contributed by atoms with Crippen molar-refractivity contribution in [3.05, 3.63) is 27.9 Å². The molecule has 1 fully saturated rings. The van der Waals surface area contributed by atoms with Crippen molar-refractivity contribution in [1.29, 1.82) is 5.26 Å². The lowest BCUT2D eigenvalue weighted by Gasteiger charge is -2.41. The summed E-state index contributed by atoms with van der Waals surface area (Å²) in [6, 6.07) is 2.65. The minimum atomic E-state index is -0.667. The fourth-order valence-electron chi connectivity index (χ4n) is 2.63. The first kappa shape index (κ1) is 19.4. The number of carbonyl (C=O) groups excluding carboxylic acids is 1. The number of rotatable bonds is 3. The van der Waals surface area contributed by atoms with Gasteiger partial charge in [-0.3, -0.25) is 10.1 Å². The molecule has 1 N–H and O–H groups in total. The van der Waals surface area contributed by atoms with E-state index in [9.17, 15) is 20.0 Å². The number of nitrogens with zero attached hydrogens (tertiary/aromatic N) is 5. The average molecular weight is 363 g/mol. The van der Waals surface area contributed by atoms with Crippen LogP contribution in [-0.4, -0.2) is 63.9 Å². The zero-order valence-corrected chi connectivity index (χ0v) is 14.9. The third kappa shape index (κ3) is 4.37. The summed E-state index contributed by atoms with van der Waals surface area (Å²) in [5, 5.41) is 29.7. The van der Waals surface area contributed by atoms with Gasteiger partial charge in [-0.1, -0.05) is 0 Å². The lowest BCUT2D eigenvalue weighted by atomic mass is 10.1. The van der Waals surface area contributed by atoms with E-state index in [-0.39, 0.29) is 24.4 Å². The zero-order chi connectivity index (χ0) is 19.5. The van der Waals surface area contributed by atoms with Crippen LogP contribution >= 0.6 is 0 Å². The molecule has 2 heterocycles. The van der Waals surface area contributed by atoms with Gasteiger partial charge in [-0.05, 0) is 20.8 Å². The quantitative estimate of drug-likeness (QED) is 0.627. The first-order valence-electron chi connectivity index (χ1n) is 8.06. The Morgan fingerprint density at radius 3 is 2.77 bits per heavy atom. The molecule has 26 heavy (non-hydrogen) atoms. The smallest absolute Gasteiger partial charge is 0.410 e. The Hall–Kier alpha value is -2.93. The first-order chi connectivity index (χ1) is 12.2. The third-order valence-electron chi connectivity index (χ3n) is 3.83. The number of aliphatic hydroxyl groups is 1. The maximum absolute atomic E-state index is 12.2. The second-order valence-electron chi connectivity index (χ2n) is 6.88. The molecule has 0 bridgehead atoms. The van der Waals surface area contributed by atoms with Gasteiger partial charge < -0.3 is 19.6 Å². The molecule has 0 spiro atoms. The predicted molar refractivity (Wildman–Crippen MR) is 91.6 cm³/mol. The zero-order valence-electron chi connectivity index (χ0n) is 14.9. The fraction of sp³-hybridized carbons (Fsp3) is 0.562. The number of ether oxygens (including phenoxy) is 1. The van der Waals surface area contributed by atoms with Crippen LogP contribution in [0.4, 0.5) is 16.3 Å². The first-order valence-corrected chi connectivity index (χ1v) is 8.06. The van der Waals surface area contributed by atoms with Gasteiger partial charge in [0.25, 0.3) is 0 Å². The molecule has 1 aromatic rings. The average Bonchev–Trinajstić information content (AvgIpc) is 2.58. The van der Waals surface area contributed by atoms with Crippen molar-refractivity contribution in [2.45, 2.75) is 32.4 Å². The molecule has 1 aliphatic heterocycles. The lowest BCUT2D eigenvalue weighted by molar-refractivity contribution is -0.385. The van der Waals surface area contributed by atoms with E-state index in [0.717, 1.165) is 6.20 Å². The molecule has 140 valence electrons. The topological polar surface area (TPSA) is 133 Å². The molecule has 0 radical (unpaired) electrons. The maximum Gasteiger partial charge on any atom is 0.410 e. The number of hydrogen-bond acceptors (Lipinski definition) is 8. The van der Waals surface area contributed by atoms with Gasteiger partial charge in [-0.2, -0.15) is 5.26 Å². The molecular weight excluding hydrogens is 342 g/mol. The van der Waals surface area contributed by atoms with E-state index in [1.54, 1.807) is 31.7 Å². The highest BCUT2D eigenvalue weighted by atomic mass is 16.6. The molecule has 0 unspecified atom stereocenters. The van der Waals surface area contributed by atoms with Crippen molar-refractivity contribution in [3.8, 4) is 6.07 Å². The van der Waals surface area contributed by atoms with Gasteiger partial charge in [0.1, 0.15) is 29.2 Å². The minimum Gasteiger partial charge on any atom is -0.444 e. The second-order valence-corrected chi connectivity index (χ2v) is 6.88. The van der Waals surface area contributed by atoms with Gasteiger partial charge in [-0.25, -0.2) is 9.78 Å². The summed E-state index contributed by atoms with van der Waals surface area (Å²) in [4.78, 5) is 29.7. The number of nitriles is 1. The van der Waals surface area contributed by atoms with Crippen LogP contribution in [0.15, 0.2) is 12.3 Å². The highest BCUT2D eigenvalue weighted by molar-refractivity contribution is 5.69. The van der Waals surface area contributed by atoms with Gasteiger partial charge in [-0.15, -0.1) is 0 Å². The number of carbonyl (C=O) groups is 1.